The van der Waals surface area contributed by atoms with E-state index in [9.17, 15) is 17.6 Å². The Morgan fingerprint density at radius 1 is 1.30 bits per heavy atom. The predicted octanol–water partition coefficient (Wildman–Crippen LogP) is 3.70. The highest BCUT2D eigenvalue weighted by atomic mass is 79.9. The maximum atomic E-state index is 13.1. The van der Waals surface area contributed by atoms with Crippen molar-refractivity contribution in [2.45, 2.75) is 11.3 Å². The first kappa shape index (κ1) is 21.3. The number of benzene rings is 2. The van der Waals surface area contributed by atoms with Gasteiger partial charge in [0.15, 0.2) is 0 Å². The van der Waals surface area contributed by atoms with Crippen molar-refractivity contribution in [2.75, 3.05) is 19.4 Å². The number of anilines is 1. The maximum Gasteiger partial charge on any atom is 0.284 e. The summed E-state index contributed by atoms with van der Waals surface area (Å²) >= 11 is 9.09. The van der Waals surface area contributed by atoms with Gasteiger partial charge in [-0.15, -0.1) is 4.40 Å². The number of sulfonamides is 1. The van der Waals surface area contributed by atoms with Crippen LogP contribution >= 0.6 is 27.5 Å². The van der Waals surface area contributed by atoms with Crippen LogP contribution in [0, 0.1) is 5.82 Å². The first-order valence-electron chi connectivity index (χ1n) is 7.59. The van der Waals surface area contributed by atoms with E-state index in [4.69, 9.17) is 11.6 Å². The number of nitrogens with one attached hydrogen (secondary N) is 1. The molecule has 2 aromatic rings. The first-order chi connectivity index (χ1) is 12.6. The van der Waals surface area contributed by atoms with Gasteiger partial charge in [-0.25, -0.2) is 4.39 Å². The lowest BCUT2D eigenvalue weighted by Crippen LogP contribution is -2.15. The van der Waals surface area contributed by atoms with Gasteiger partial charge < -0.3 is 10.2 Å². The third-order valence-corrected chi connectivity index (χ3v) is 5.85. The molecule has 0 spiro atoms. The largest absolute Gasteiger partial charge is 0.368 e. The molecule has 0 saturated carbocycles. The Labute approximate surface area is 170 Å². The van der Waals surface area contributed by atoms with Crippen LogP contribution < -0.4 is 5.32 Å². The van der Waals surface area contributed by atoms with E-state index in [0.717, 1.165) is 6.07 Å². The van der Waals surface area contributed by atoms with Crippen LogP contribution in [0.1, 0.15) is 5.56 Å². The zero-order valence-electron chi connectivity index (χ0n) is 14.4. The third-order valence-electron chi connectivity index (χ3n) is 3.28. The van der Waals surface area contributed by atoms with E-state index in [1.165, 1.54) is 35.5 Å². The number of carbonyl (C=O) groups is 1. The molecule has 1 N–H and O–H groups in total. The fourth-order valence-corrected chi connectivity index (χ4v) is 4.15. The fraction of sp³-hybridized carbons (Fsp3) is 0.176. The second-order valence-electron chi connectivity index (χ2n) is 5.77. The number of hydrogen-bond donors (Lipinski definition) is 1. The average molecular weight is 477 g/mol. The van der Waals surface area contributed by atoms with E-state index in [2.05, 4.69) is 25.6 Å². The molecule has 0 aliphatic carbocycles. The molecule has 0 saturated heterocycles. The van der Waals surface area contributed by atoms with Crippen molar-refractivity contribution in [2.24, 2.45) is 4.40 Å². The topological polar surface area (TPSA) is 78.8 Å². The Balaban J connectivity index is 2.21. The summed E-state index contributed by atoms with van der Waals surface area (Å²) in [4.78, 5) is 13.6. The zero-order valence-corrected chi connectivity index (χ0v) is 17.6. The average Bonchev–Trinajstić information content (AvgIpc) is 2.57. The van der Waals surface area contributed by atoms with Gasteiger partial charge in [0.2, 0.25) is 5.91 Å². The van der Waals surface area contributed by atoms with Crippen molar-refractivity contribution in [3.8, 4) is 0 Å². The molecule has 0 aliphatic heterocycles. The third kappa shape index (κ3) is 6.02. The van der Waals surface area contributed by atoms with Crippen LogP contribution in [0.4, 0.5) is 10.1 Å². The highest BCUT2D eigenvalue weighted by Crippen LogP contribution is 2.27. The molecule has 27 heavy (non-hydrogen) atoms. The predicted molar refractivity (Wildman–Crippen MR) is 107 cm³/mol. The fourth-order valence-electron chi connectivity index (χ4n) is 2.04. The van der Waals surface area contributed by atoms with Crippen LogP contribution in [-0.2, 0) is 21.2 Å². The molecule has 2 rings (SSSR count). The molecule has 0 heterocycles. The summed E-state index contributed by atoms with van der Waals surface area (Å²) in [6, 6.07) is 8.10. The van der Waals surface area contributed by atoms with Gasteiger partial charge in [-0.3, -0.25) is 4.79 Å². The van der Waals surface area contributed by atoms with Crippen molar-refractivity contribution in [3.05, 3.63) is 57.3 Å². The molecule has 0 bridgehead atoms. The molecule has 10 heteroatoms. The van der Waals surface area contributed by atoms with Gasteiger partial charge in [0.05, 0.1) is 6.42 Å². The Morgan fingerprint density at radius 3 is 2.63 bits per heavy atom. The number of hydrogen-bond acceptors (Lipinski definition) is 3. The van der Waals surface area contributed by atoms with Crippen molar-refractivity contribution < 1.29 is 17.6 Å². The minimum Gasteiger partial charge on any atom is -0.368 e. The van der Waals surface area contributed by atoms with Gasteiger partial charge in [0.25, 0.3) is 10.0 Å². The lowest BCUT2D eigenvalue weighted by atomic mass is 10.1. The maximum absolute atomic E-state index is 13.1. The molecule has 6 nitrogen and oxygen atoms in total. The van der Waals surface area contributed by atoms with Crippen molar-refractivity contribution in [1.29, 1.82) is 0 Å². The summed E-state index contributed by atoms with van der Waals surface area (Å²) in [6.45, 7) is 0. The summed E-state index contributed by atoms with van der Waals surface area (Å²) < 4.78 is 41.7. The molecule has 2 aromatic carbocycles. The molecule has 0 unspecified atom stereocenters. The van der Waals surface area contributed by atoms with E-state index in [1.807, 2.05) is 0 Å². The van der Waals surface area contributed by atoms with Crippen molar-refractivity contribution in [3.63, 3.8) is 0 Å². The van der Waals surface area contributed by atoms with Gasteiger partial charge >= 0.3 is 0 Å². The van der Waals surface area contributed by atoms with Crippen LogP contribution in [0.25, 0.3) is 0 Å². The summed E-state index contributed by atoms with van der Waals surface area (Å²) in [5.74, 6) is -0.920. The molecule has 0 radical (unpaired) electrons. The van der Waals surface area contributed by atoms with Crippen LogP contribution in [0.5, 0.6) is 0 Å². The summed E-state index contributed by atoms with van der Waals surface area (Å²) in [5, 5.41) is 2.74. The highest BCUT2D eigenvalue weighted by molar-refractivity contribution is 9.10. The Kier molecular flexibility index (Phi) is 6.96. The molecule has 0 aliphatic rings. The second-order valence-corrected chi connectivity index (χ2v) is 8.63. The van der Waals surface area contributed by atoms with E-state index < -0.39 is 21.7 Å². The van der Waals surface area contributed by atoms with Gasteiger partial charge in [0, 0.05) is 29.3 Å². The standard InChI is InChI=1S/C17H16BrClFN3O3S/c1-23(2)10-21-27(25,26)16-9-13(5-6-14(16)18)22-17(24)7-11-3-4-12(20)8-15(11)19/h3-6,8-10H,7H2,1-2H3,(H,22,24). The molecule has 0 aromatic heterocycles. The smallest absolute Gasteiger partial charge is 0.284 e. The van der Waals surface area contributed by atoms with Crippen LogP contribution in [-0.4, -0.2) is 39.7 Å². The van der Waals surface area contributed by atoms with Crippen LogP contribution in [0.2, 0.25) is 5.02 Å². The molecular weight excluding hydrogens is 461 g/mol. The zero-order chi connectivity index (χ0) is 20.2. The van der Waals surface area contributed by atoms with Gasteiger partial charge in [0.1, 0.15) is 17.1 Å². The van der Waals surface area contributed by atoms with Crippen molar-refractivity contribution >= 4 is 55.5 Å². The van der Waals surface area contributed by atoms with Crippen molar-refractivity contribution in [1.82, 2.24) is 4.90 Å². The Hall–Kier alpha value is -1.97. The monoisotopic (exact) mass is 475 g/mol. The van der Waals surface area contributed by atoms with E-state index in [-0.39, 0.29) is 22.0 Å². The molecule has 0 atom stereocenters. The van der Waals surface area contributed by atoms with Crippen LogP contribution in [0.15, 0.2) is 50.2 Å². The number of halogens is 3. The summed E-state index contributed by atoms with van der Waals surface area (Å²) in [6.07, 6.45) is 1.08. The van der Waals surface area contributed by atoms with E-state index in [1.54, 1.807) is 20.2 Å². The SMILES string of the molecule is CN(C)C=NS(=O)(=O)c1cc(NC(=O)Cc2ccc(F)cc2Cl)ccc1Br. The van der Waals surface area contributed by atoms with Gasteiger partial charge in [-0.05, 0) is 51.8 Å². The summed E-state index contributed by atoms with van der Waals surface area (Å²) in [7, 11) is -0.660. The molecule has 1 amide bonds. The molecule has 0 fully saturated rings. The van der Waals surface area contributed by atoms with Crippen LogP contribution in [0.3, 0.4) is 0 Å². The number of amides is 1. The lowest BCUT2D eigenvalue weighted by Gasteiger charge is -2.10. The Bertz CT molecular complexity index is 997. The number of nitrogens with zero attached hydrogens (tertiary/aromatic N) is 2. The van der Waals surface area contributed by atoms with Gasteiger partial charge in [-0.2, -0.15) is 8.42 Å². The van der Waals surface area contributed by atoms with E-state index in [0.29, 0.717) is 10.0 Å². The lowest BCUT2D eigenvalue weighted by molar-refractivity contribution is -0.115. The minimum atomic E-state index is -3.95. The Morgan fingerprint density at radius 2 is 2.00 bits per heavy atom. The quantitative estimate of drug-likeness (QED) is 0.509. The normalized spacial score (nSPS) is 11.6. The molecular formula is C17H16BrClFN3O3S. The molecule has 144 valence electrons. The second kappa shape index (κ2) is 8.81. The number of carbonyl (C=O) groups excluding carboxylic acids is 1. The summed E-state index contributed by atoms with van der Waals surface area (Å²) in [5.41, 5.74) is 0.733. The van der Waals surface area contributed by atoms with E-state index >= 15 is 0 Å². The minimum absolute atomic E-state index is 0.0850. The number of rotatable bonds is 6. The first-order valence-corrected chi connectivity index (χ1v) is 10.2. The highest BCUT2D eigenvalue weighted by Gasteiger charge is 2.18. The van der Waals surface area contributed by atoms with Gasteiger partial charge in [-0.1, -0.05) is 17.7 Å².